The van der Waals surface area contributed by atoms with E-state index in [1.54, 1.807) is 6.08 Å². The molecule has 70 valence electrons. The van der Waals surface area contributed by atoms with E-state index in [9.17, 15) is 9.59 Å². The zero-order valence-electron chi connectivity index (χ0n) is 7.71. The van der Waals surface area contributed by atoms with Crippen molar-refractivity contribution >= 4 is 11.6 Å². The molecule has 0 aliphatic heterocycles. The smallest absolute Gasteiger partial charge is 0.147 e. The summed E-state index contributed by atoms with van der Waals surface area (Å²) in [6, 6.07) is 0. The van der Waals surface area contributed by atoms with Gasteiger partial charge < -0.3 is 0 Å². The third-order valence-electron chi connectivity index (χ3n) is 3.60. The molecule has 0 heterocycles. The van der Waals surface area contributed by atoms with Crippen LogP contribution in [-0.2, 0) is 9.59 Å². The first-order valence-corrected chi connectivity index (χ1v) is 4.89. The van der Waals surface area contributed by atoms with E-state index in [1.807, 2.05) is 0 Å². The molecule has 0 unspecified atom stereocenters. The lowest BCUT2D eigenvalue weighted by Crippen LogP contribution is -2.34. The van der Waals surface area contributed by atoms with Crippen molar-refractivity contribution in [3.8, 4) is 0 Å². The summed E-state index contributed by atoms with van der Waals surface area (Å²) in [4.78, 5) is 23.4. The van der Waals surface area contributed by atoms with Crippen molar-refractivity contribution in [3.05, 3.63) is 12.7 Å². The summed E-state index contributed by atoms with van der Waals surface area (Å²) in [5, 5.41) is 0. The minimum absolute atomic E-state index is 0.167. The number of fused-ring (bicyclic) bond motifs is 1. The number of ketones is 2. The third-order valence-corrected chi connectivity index (χ3v) is 3.60. The first kappa shape index (κ1) is 8.67. The lowest BCUT2D eigenvalue weighted by Gasteiger charge is -2.23. The summed E-state index contributed by atoms with van der Waals surface area (Å²) in [7, 11) is 0. The van der Waals surface area contributed by atoms with E-state index in [4.69, 9.17) is 0 Å². The van der Waals surface area contributed by atoms with Gasteiger partial charge in [0, 0.05) is 12.8 Å². The molecule has 0 amide bonds. The molecule has 0 spiro atoms. The summed E-state index contributed by atoms with van der Waals surface area (Å²) < 4.78 is 0. The quantitative estimate of drug-likeness (QED) is 0.478. The Kier molecular flexibility index (Phi) is 1.86. The predicted octanol–water partition coefficient (Wildman–Crippen LogP) is 1.89. The molecule has 0 aromatic carbocycles. The Morgan fingerprint density at radius 1 is 1.31 bits per heavy atom. The molecule has 2 aliphatic rings. The average molecular weight is 178 g/mol. The van der Waals surface area contributed by atoms with E-state index in [0.29, 0.717) is 25.2 Å². The maximum atomic E-state index is 11.7. The lowest BCUT2D eigenvalue weighted by atomic mass is 9.76. The van der Waals surface area contributed by atoms with E-state index in [0.717, 1.165) is 12.8 Å². The predicted molar refractivity (Wildman–Crippen MR) is 49.2 cm³/mol. The molecule has 2 saturated carbocycles. The van der Waals surface area contributed by atoms with Crippen LogP contribution in [-0.4, -0.2) is 11.6 Å². The van der Waals surface area contributed by atoms with E-state index < -0.39 is 5.41 Å². The van der Waals surface area contributed by atoms with E-state index >= 15 is 0 Å². The first-order valence-electron chi connectivity index (χ1n) is 4.89. The maximum absolute atomic E-state index is 11.7. The minimum Gasteiger partial charge on any atom is -0.299 e. The molecule has 0 atom stereocenters. The summed E-state index contributed by atoms with van der Waals surface area (Å²) in [5.74, 6) is 0.658. The number of hydrogen-bond donors (Lipinski definition) is 0. The highest BCUT2D eigenvalue weighted by Crippen LogP contribution is 2.51. The molecule has 2 heteroatoms. The first-order chi connectivity index (χ1) is 6.21. The number of hydrogen-bond acceptors (Lipinski definition) is 2. The Morgan fingerprint density at radius 2 is 1.85 bits per heavy atom. The van der Waals surface area contributed by atoms with Gasteiger partial charge in [-0.15, -0.1) is 6.58 Å². The molecule has 0 bridgehead atoms. The van der Waals surface area contributed by atoms with Gasteiger partial charge in [-0.05, 0) is 25.2 Å². The summed E-state index contributed by atoms with van der Waals surface area (Å²) >= 11 is 0. The fourth-order valence-electron chi connectivity index (χ4n) is 2.93. The van der Waals surface area contributed by atoms with Crippen molar-refractivity contribution in [1.29, 1.82) is 0 Å². The number of carbonyl (C=O) groups is 2. The van der Waals surface area contributed by atoms with Crippen molar-refractivity contribution in [2.45, 2.75) is 32.1 Å². The van der Waals surface area contributed by atoms with Crippen LogP contribution < -0.4 is 0 Å². The fourth-order valence-corrected chi connectivity index (χ4v) is 2.93. The second-order valence-electron chi connectivity index (χ2n) is 4.08. The second kappa shape index (κ2) is 2.79. The normalized spacial score (nSPS) is 38.0. The van der Waals surface area contributed by atoms with Crippen LogP contribution >= 0.6 is 0 Å². The van der Waals surface area contributed by atoms with E-state index in [1.165, 1.54) is 0 Å². The summed E-state index contributed by atoms with van der Waals surface area (Å²) in [5.41, 5.74) is -0.623. The molecule has 0 saturated heterocycles. The Hall–Kier alpha value is -0.920. The van der Waals surface area contributed by atoms with Crippen molar-refractivity contribution in [1.82, 2.24) is 0 Å². The number of carbonyl (C=O) groups excluding carboxylic acids is 2. The van der Waals surface area contributed by atoms with Gasteiger partial charge in [-0.2, -0.15) is 0 Å². The fraction of sp³-hybridized carbons (Fsp3) is 0.636. The maximum Gasteiger partial charge on any atom is 0.147 e. The van der Waals surface area contributed by atoms with Gasteiger partial charge in [-0.25, -0.2) is 0 Å². The highest BCUT2D eigenvalue weighted by atomic mass is 16.2. The van der Waals surface area contributed by atoms with Gasteiger partial charge in [0.15, 0.2) is 0 Å². The molecule has 2 rings (SSSR count). The van der Waals surface area contributed by atoms with Gasteiger partial charge >= 0.3 is 0 Å². The molecule has 0 N–H and O–H groups in total. The molecule has 13 heavy (non-hydrogen) atoms. The molecule has 2 fully saturated rings. The Morgan fingerprint density at radius 3 is 2.31 bits per heavy atom. The number of rotatable bonds is 2. The van der Waals surface area contributed by atoms with Gasteiger partial charge in [0.25, 0.3) is 0 Å². The van der Waals surface area contributed by atoms with Crippen molar-refractivity contribution in [2.75, 3.05) is 0 Å². The van der Waals surface area contributed by atoms with Crippen LogP contribution in [0.2, 0.25) is 0 Å². The van der Waals surface area contributed by atoms with Crippen LogP contribution in [0.3, 0.4) is 0 Å². The summed E-state index contributed by atoms with van der Waals surface area (Å²) in [6.07, 6.45) is 5.32. The van der Waals surface area contributed by atoms with Crippen LogP contribution in [0.4, 0.5) is 0 Å². The highest BCUT2D eigenvalue weighted by Gasteiger charge is 2.57. The van der Waals surface area contributed by atoms with Crippen LogP contribution in [0.15, 0.2) is 12.7 Å². The molecular weight excluding hydrogens is 164 g/mol. The topological polar surface area (TPSA) is 34.1 Å². The SMILES string of the molecule is C=CCC12C(=O)CCC1CCC2=O. The number of Topliss-reactive ketones (excluding diaryl/α,β-unsaturated/α-hetero) is 2. The largest absolute Gasteiger partial charge is 0.299 e. The van der Waals surface area contributed by atoms with Gasteiger partial charge in [0.05, 0.1) is 5.41 Å². The Balaban J connectivity index is 2.40. The second-order valence-corrected chi connectivity index (χ2v) is 4.08. The molecule has 0 aromatic heterocycles. The van der Waals surface area contributed by atoms with Crippen LogP contribution in [0, 0.1) is 11.3 Å². The molecule has 2 nitrogen and oxygen atoms in total. The molecule has 2 aliphatic carbocycles. The van der Waals surface area contributed by atoms with Gasteiger partial charge in [0.1, 0.15) is 11.6 Å². The van der Waals surface area contributed by atoms with Crippen LogP contribution in [0.1, 0.15) is 32.1 Å². The van der Waals surface area contributed by atoms with Gasteiger partial charge in [0.2, 0.25) is 0 Å². The van der Waals surface area contributed by atoms with Crippen molar-refractivity contribution in [3.63, 3.8) is 0 Å². The van der Waals surface area contributed by atoms with E-state index in [-0.39, 0.29) is 11.6 Å². The monoisotopic (exact) mass is 178 g/mol. The van der Waals surface area contributed by atoms with E-state index in [2.05, 4.69) is 6.58 Å². The lowest BCUT2D eigenvalue weighted by molar-refractivity contribution is -0.137. The molecule has 0 radical (unpaired) electrons. The zero-order chi connectivity index (χ0) is 9.47. The molecular formula is C11H14O2. The van der Waals surface area contributed by atoms with Crippen LogP contribution in [0.25, 0.3) is 0 Å². The minimum atomic E-state index is -0.623. The Bertz CT molecular complexity index is 258. The standard InChI is InChI=1S/C11H14O2/c1-2-7-11-8(3-5-9(11)12)4-6-10(11)13/h2,8H,1,3-7H2. The van der Waals surface area contributed by atoms with Crippen molar-refractivity contribution < 1.29 is 9.59 Å². The van der Waals surface area contributed by atoms with Gasteiger partial charge in [-0.3, -0.25) is 9.59 Å². The zero-order valence-corrected chi connectivity index (χ0v) is 7.71. The highest BCUT2D eigenvalue weighted by molar-refractivity contribution is 6.10. The molecule has 0 aromatic rings. The van der Waals surface area contributed by atoms with Crippen LogP contribution in [0.5, 0.6) is 0 Å². The van der Waals surface area contributed by atoms with Gasteiger partial charge in [-0.1, -0.05) is 6.08 Å². The summed E-state index contributed by atoms with van der Waals surface area (Å²) in [6.45, 7) is 3.64. The average Bonchev–Trinajstić information content (AvgIpc) is 2.57. The van der Waals surface area contributed by atoms with Crippen molar-refractivity contribution in [2.24, 2.45) is 11.3 Å². The number of allylic oxidation sites excluding steroid dienone is 1. The Labute approximate surface area is 78.0 Å². The third kappa shape index (κ3) is 0.946.